The fraction of sp³-hybridized carbons (Fsp3) is 0.267. The van der Waals surface area contributed by atoms with E-state index in [0.29, 0.717) is 22.3 Å². The van der Waals surface area contributed by atoms with Gasteiger partial charge in [-0.1, -0.05) is 6.07 Å². The third-order valence-corrected chi connectivity index (χ3v) is 3.74. The summed E-state index contributed by atoms with van der Waals surface area (Å²) in [5.41, 5.74) is 0.913. The third kappa shape index (κ3) is 3.89. The van der Waals surface area contributed by atoms with E-state index in [4.69, 9.17) is 4.74 Å². The highest BCUT2D eigenvalue weighted by Gasteiger charge is 2.31. The number of hydrogen-bond donors (Lipinski definition) is 1. The summed E-state index contributed by atoms with van der Waals surface area (Å²) >= 11 is 3.33. The van der Waals surface area contributed by atoms with E-state index in [1.165, 1.54) is 7.11 Å². The average molecular weight is 383 g/mol. The van der Waals surface area contributed by atoms with E-state index >= 15 is 0 Å². The van der Waals surface area contributed by atoms with Crippen LogP contribution < -0.4 is 10.1 Å². The molecule has 1 aromatic carbocycles. The number of rotatable bonds is 5. The summed E-state index contributed by atoms with van der Waals surface area (Å²) in [4.78, 5) is 35.8. The molecule has 0 unspecified atom stereocenters. The Morgan fingerprint density at radius 3 is 2.70 bits per heavy atom. The molecule has 1 aromatic rings. The van der Waals surface area contributed by atoms with Gasteiger partial charge in [0.1, 0.15) is 11.4 Å². The molecule has 122 valence electrons. The van der Waals surface area contributed by atoms with E-state index in [1.54, 1.807) is 31.2 Å². The molecule has 0 bridgehead atoms. The van der Waals surface area contributed by atoms with Gasteiger partial charge in [-0.2, -0.15) is 0 Å². The maximum Gasteiger partial charge on any atom is 0.343 e. The normalized spacial score (nSPS) is 15.8. The first-order chi connectivity index (χ1) is 11.0. The number of benzene rings is 1. The van der Waals surface area contributed by atoms with Crippen LogP contribution in [0.15, 0.2) is 28.4 Å². The Labute approximate surface area is 141 Å². The highest BCUT2D eigenvalue weighted by molar-refractivity contribution is 9.10. The summed E-state index contributed by atoms with van der Waals surface area (Å²) in [5, 5.41) is 2.53. The summed E-state index contributed by atoms with van der Waals surface area (Å²) < 4.78 is 10.4. The molecule has 1 fully saturated rings. The molecule has 8 heteroatoms. The standard InChI is InChI=1S/C15H15BrN2O5/c1-3-18-14(20)11(17-15(18)21)7-9-4-5-12(10(16)6-9)23-8-13(19)22-2/h4-7H,3,8H2,1-2H3,(H,17,21)/b11-7+. The van der Waals surface area contributed by atoms with Crippen molar-refractivity contribution < 1.29 is 23.9 Å². The first-order valence-corrected chi connectivity index (χ1v) is 7.59. The zero-order chi connectivity index (χ0) is 17.0. The fourth-order valence-electron chi connectivity index (χ4n) is 1.95. The minimum atomic E-state index is -0.484. The molecule has 1 heterocycles. The Morgan fingerprint density at radius 1 is 1.39 bits per heavy atom. The molecule has 0 aliphatic carbocycles. The largest absolute Gasteiger partial charge is 0.481 e. The van der Waals surface area contributed by atoms with Crippen LogP contribution in [0.5, 0.6) is 5.75 Å². The number of nitrogens with one attached hydrogen (secondary N) is 1. The van der Waals surface area contributed by atoms with Gasteiger partial charge >= 0.3 is 12.0 Å². The summed E-state index contributed by atoms with van der Waals surface area (Å²) in [6, 6.07) is 4.64. The number of methoxy groups -OCH3 is 1. The summed E-state index contributed by atoms with van der Waals surface area (Å²) in [7, 11) is 1.28. The van der Waals surface area contributed by atoms with Crippen LogP contribution in [0.2, 0.25) is 0 Å². The fourth-order valence-corrected chi connectivity index (χ4v) is 2.46. The number of carbonyl (C=O) groups is 3. The lowest BCUT2D eigenvalue weighted by Gasteiger charge is -2.08. The molecule has 1 aliphatic heterocycles. The second-order valence-electron chi connectivity index (χ2n) is 4.59. The van der Waals surface area contributed by atoms with Crippen LogP contribution in [0, 0.1) is 0 Å². The summed E-state index contributed by atoms with van der Waals surface area (Å²) in [6.45, 7) is 1.84. The van der Waals surface area contributed by atoms with E-state index in [0.717, 1.165) is 4.90 Å². The van der Waals surface area contributed by atoms with Crippen molar-refractivity contribution in [1.82, 2.24) is 10.2 Å². The highest BCUT2D eigenvalue weighted by atomic mass is 79.9. The van der Waals surface area contributed by atoms with Gasteiger partial charge in [0, 0.05) is 6.54 Å². The number of halogens is 1. The van der Waals surface area contributed by atoms with Crippen LogP contribution >= 0.6 is 15.9 Å². The average Bonchev–Trinajstić information content (AvgIpc) is 2.79. The van der Waals surface area contributed by atoms with Crippen LogP contribution in [-0.4, -0.2) is 43.1 Å². The molecule has 7 nitrogen and oxygen atoms in total. The van der Waals surface area contributed by atoms with Crippen molar-refractivity contribution in [3.63, 3.8) is 0 Å². The molecular formula is C15H15BrN2O5. The molecule has 0 saturated carbocycles. The predicted octanol–water partition coefficient (Wildman–Crippen LogP) is 1.91. The molecule has 0 aromatic heterocycles. The molecule has 1 N–H and O–H groups in total. The number of urea groups is 1. The van der Waals surface area contributed by atoms with Crippen LogP contribution in [0.25, 0.3) is 6.08 Å². The van der Waals surface area contributed by atoms with Gasteiger partial charge in [0.15, 0.2) is 6.61 Å². The van der Waals surface area contributed by atoms with Gasteiger partial charge in [0.2, 0.25) is 0 Å². The molecule has 1 aliphatic rings. The maximum atomic E-state index is 12.0. The van der Waals surface area contributed by atoms with Crippen molar-refractivity contribution in [2.75, 3.05) is 20.3 Å². The minimum Gasteiger partial charge on any atom is -0.481 e. The Bertz CT molecular complexity index is 686. The quantitative estimate of drug-likeness (QED) is 0.477. The zero-order valence-electron chi connectivity index (χ0n) is 12.6. The number of nitrogens with zero attached hydrogens (tertiary/aromatic N) is 1. The molecule has 23 heavy (non-hydrogen) atoms. The maximum absolute atomic E-state index is 12.0. The lowest BCUT2D eigenvalue weighted by molar-refractivity contribution is -0.142. The van der Waals surface area contributed by atoms with Gasteiger partial charge in [-0.15, -0.1) is 0 Å². The van der Waals surface area contributed by atoms with E-state index in [2.05, 4.69) is 26.0 Å². The number of carbonyl (C=O) groups excluding carboxylic acids is 3. The minimum absolute atomic E-state index is 0.199. The SMILES string of the molecule is CCN1C(=O)N/C(=C/c2ccc(OCC(=O)OC)c(Br)c2)C1=O. The Hall–Kier alpha value is -2.35. The molecule has 3 amide bonds. The molecule has 0 radical (unpaired) electrons. The van der Waals surface area contributed by atoms with Crippen molar-refractivity contribution in [2.24, 2.45) is 0 Å². The number of amides is 3. The van der Waals surface area contributed by atoms with Gasteiger partial charge in [0.25, 0.3) is 5.91 Å². The monoisotopic (exact) mass is 382 g/mol. The topological polar surface area (TPSA) is 84.9 Å². The lowest BCUT2D eigenvalue weighted by atomic mass is 10.2. The molecule has 0 spiro atoms. The van der Waals surface area contributed by atoms with Crippen LogP contribution in [0.4, 0.5) is 4.79 Å². The Kier molecular flexibility index (Phi) is 5.38. The summed E-state index contributed by atoms with van der Waals surface area (Å²) in [6.07, 6.45) is 1.57. The molecule has 0 atom stereocenters. The van der Waals surface area contributed by atoms with Crippen molar-refractivity contribution in [2.45, 2.75) is 6.92 Å². The van der Waals surface area contributed by atoms with E-state index in [1.807, 2.05) is 0 Å². The van der Waals surface area contributed by atoms with E-state index in [9.17, 15) is 14.4 Å². The van der Waals surface area contributed by atoms with E-state index < -0.39 is 12.0 Å². The van der Waals surface area contributed by atoms with Crippen LogP contribution in [0.3, 0.4) is 0 Å². The second-order valence-corrected chi connectivity index (χ2v) is 5.45. The highest BCUT2D eigenvalue weighted by Crippen LogP contribution is 2.27. The number of likely N-dealkylation sites (N-methyl/N-ethyl adjacent to an activating group) is 1. The smallest absolute Gasteiger partial charge is 0.343 e. The molecule has 2 rings (SSSR count). The summed E-state index contributed by atoms with van der Waals surface area (Å²) in [5.74, 6) is -0.379. The van der Waals surface area contributed by atoms with Crippen LogP contribution in [-0.2, 0) is 14.3 Å². The Balaban J connectivity index is 2.15. The second kappa shape index (κ2) is 7.28. The molecule has 1 saturated heterocycles. The van der Waals surface area contributed by atoms with Crippen molar-refractivity contribution in [1.29, 1.82) is 0 Å². The number of imide groups is 1. The van der Waals surface area contributed by atoms with Gasteiger partial charge in [-0.3, -0.25) is 9.69 Å². The van der Waals surface area contributed by atoms with Gasteiger partial charge in [0.05, 0.1) is 11.6 Å². The van der Waals surface area contributed by atoms with Gasteiger partial charge in [-0.25, -0.2) is 9.59 Å². The molecular weight excluding hydrogens is 368 g/mol. The van der Waals surface area contributed by atoms with Crippen LogP contribution in [0.1, 0.15) is 12.5 Å². The first-order valence-electron chi connectivity index (χ1n) is 6.80. The predicted molar refractivity (Wildman–Crippen MR) is 85.5 cm³/mol. The first kappa shape index (κ1) is 17.0. The van der Waals surface area contributed by atoms with E-state index in [-0.39, 0.29) is 18.2 Å². The third-order valence-electron chi connectivity index (χ3n) is 3.12. The van der Waals surface area contributed by atoms with Crippen molar-refractivity contribution in [3.05, 3.63) is 33.9 Å². The van der Waals surface area contributed by atoms with Gasteiger partial charge in [-0.05, 0) is 46.6 Å². The number of ether oxygens (including phenoxy) is 2. The lowest BCUT2D eigenvalue weighted by Crippen LogP contribution is -2.30. The zero-order valence-corrected chi connectivity index (χ0v) is 14.2. The number of esters is 1. The Morgan fingerprint density at radius 2 is 2.13 bits per heavy atom. The van der Waals surface area contributed by atoms with Gasteiger partial charge < -0.3 is 14.8 Å². The van der Waals surface area contributed by atoms with Crippen molar-refractivity contribution >= 4 is 39.9 Å². The van der Waals surface area contributed by atoms with Crippen molar-refractivity contribution in [3.8, 4) is 5.75 Å². The number of hydrogen-bond acceptors (Lipinski definition) is 5.